The second kappa shape index (κ2) is 12.2. The zero-order chi connectivity index (χ0) is 19.0. The van der Waals surface area contributed by atoms with E-state index in [4.69, 9.17) is 4.74 Å². The summed E-state index contributed by atoms with van der Waals surface area (Å²) in [6.07, 6.45) is 7.85. The van der Waals surface area contributed by atoms with E-state index in [0.717, 1.165) is 24.8 Å². The predicted octanol–water partition coefficient (Wildman–Crippen LogP) is 1.71. The van der Waals surface area contributed by atoms with Crippen LogP contribution in [0.5, 0.6) is 17.2 Å². The molecule has 142 valence electrons. The Hall–Kier alpha value is -0.414. The fraction of sp³-hybridized carbons (Fsp3) is 0.400. The van der Waals surface area contributed by atoms with E-state index in [1.54, 1.807) is 12.1 Å². The Bertz CT molecular complexity index is 804. The zero-order valence-electron chi connectivity index (χ0n) is 16.0. The first-order valence-electron chi connectivity index (χ1n) is 8.95. The van der Waals surface area contributed by atoms with Crippen molar-refractivity contribution in [1.82, 2.24) is 0 Å². The molecule has 2 aromatic rings. The van der Waals surface area contributed by atoms with Crippen molar-refractivity contribution < 1.29 is 74.2 Å². The molecule has 0 saturated heterocycles. The van der Waals surface area contributed by atoms with Gasteiger partial charge in [-0.1, -0.05) is 57.2 Å². The summed E-state index contributed by atoms with van der Waals surface area (Å²) in [4.78, 5) is -0.282. The van der Waals surface area contributed by atoms with Crippen LogP contribution in [0.15, 0.2) is 47.4 Å². The molecule has 0 fully saturated rings. The number of aryl methyl sites for hydroxylation is 1. The van der Waals surface area contributed by atoms with Crippen LogP contribution in [0.25, 0.3) is 0 Å². The van der Waals surface area contributed by atoms with Crippen molar-refractivity contribution in [2.75, 3.05) is 0 Å². The van der Waals surface area contributed by atoms with Crippen LogP contribution in [0.2, 0.25) is 0 Å². The molecule has 0 aliphatic rings. The van der Waals surface area contributed by atoms with Gasteiger partial charge in [-0.2, -0.15) is 8.42 Å². The minimum Gasteiger partial charge on any atom is -0.872 e. The molecule has 2 rings (SSSR count). The summed E-state index contributed by atoms with van der Waals surface area (Å²) in [6, 6.07) is 10.3. The number of hydrogen-bond donors (Lipinski definition) is 1. The predicted molar refractivity (Wildman–Crippen MR) is 99.3 cm³/mol. The molecule has 0 atom stereocenters. The molecule has 2 aromatic carbocycles. The van der Waals surface area contributed by atoms with Crippen LogP contribution >= 0.6 is 0 Å². The standard InChI is InChI=1S/C20H26O5S.K/c1-2-3-4-5-6-7-8-16-9-14-20(26(22,23)24)19(15-16)25-18-12-10-17(21)11-13-18;/h9-15,21H,2-8H2,1H3,(H,22,23,24);/q;+1/p-1. The molecule has 0 unspecified atom stereocenters. The first-order valence-corrected chi connectivity index (χ1v) is 10.4. The first kappa shape index (κ1) is 24.6. The third-order valence-electron chi connectivity index (χ3n) is 4.16. The Morgan fingerprint density at radius 2 is 1.59 bits per heavy atom. The monoisotopic (exact) mass is 416 g/mol. The molecule has 0 spiro atoms. The molecule has 0 heterocycles. The molecular weight excluding hydrogens is 391 g/mol. The van der Waals surface area contributed by atoms with Gasteiger partial charge in [-0.15, -0.1) is 5.75 Å². The second-order valence-corrected chi connectivity index (χ2v) is 7.74. The third kappa shape index (κ3) is 8.64. The average molecular weight is 417 g/mol. The first-order chi connectivity index (χ1) is 12.4. The second-order valence-electron chi connectivity index (χ2n) is 6.35. The van der Waals surface area contributed by atoms with E-state index >= 15 is 0 Å². The normalized spacial score (nSPS) is 11.0. The fourth-order valence-corrected chi connectivity index (χ4v) is 3.34. The summed E-state index contributed by atoms with van der Waals surface area (Å²) in [5, 5.41) is 11.2. The van der Waals surface area contributed by atoms with Crippen molar-refractivity contribution in [3.05, 3.63) is 48.0 Å². The van der Waals surface area contributed by atoms with Crippen LogP contribution in [0.1, 0.15) is 51.0 Å². The van der Waals surface area contributed by atoms with Gasteiger partial charge in [0.2, 0.25) is 0 Å². The van der Waals surface area contributed by atoms with Gasteiger partial charge in [0, 0.05) is 0 Å². The van der Waals surface area contributed by atoms with E-state index in [9.17, 15) is 18.1 Å². The molecule has 0 saturated carbocycles. The van der Waals surface area contributed by atoms with Crippen molar-refractivity contribution in [3.8, 4) is 17.2 Å². The number of unbranched alkanes of at least 4 members (excludes halogenated alkanes) is 5. The number of benzene rings is 2. The van der Waals surface area contributed by atoms with E-state index in [2.05, 4.69) is 6.92 Å². The summed E-state index contributed by atoms with van der Waals surface area (Å²) < 4.78 is 38.2. The van der Waals surface area contributed by atoms with E-state index in [1.807, 2.05) is 0 Å². The van der Waals surface area contributed by atoms with Gasteiger partial charge < -0.3 is 9.84 Å². The SMILES string of the molecule is CCCCCCCCc1ccc(S(=O)(=O)O)c(Oc2ccc([O-])cc2)c1.[K+]. The Morgan fingerprint density at radius 3 is 2.22 bits per heavy atom. The van der Waals surface area contributed by atoms with Crippen molar-refractivity contribution in [3.63, 3.8) is 0 Å². The smallest absolute Gasteiger partial charge is 0.872 e. The van der Waals surface area contributed by atoms with Crippen LogP contribution in [0, 0.1) is 0 Å². The van der Waals surface area contributed by atoms with Crippen LogP contribution in [0.3, 0.4) is 0 Å². The maximum atomic E-state index is 11.6. The van der Waals surface area contributed by atoms with E-state index in [-0.39, 0.29) is 67.8 Å². The molecule has 0 aromatic heterocycles. The van der Waals surface area contributed by atoms with Gasteiger partial charge in [-0.3, -0.25) is 4.55 Å². The van der Waals surface area contributed by atoms with Gasteiger partial charge >= 0.3 is 51.4 Å². The Morgan fingerprint density at radius 1 is 0.963 bits per heavy atom. The molecular formula is C20H25KO5S. The molecule has 0 radical (unpaired) electrons. The van der Waals surface area contributed by atoms with Crippen LogP contribution in [-0.4, -0.2) is 13.0 Å². The average Bonchev–Trinajstić information content (AvgIpc) is 2.59. The Kier molecular flexibility index (Phi) is 11.1. The van der Waals surface area contributed by atoms with Crippen molar-refractivity contribution >= 4 is 10.1 Å². The Balaban J connectivity index is 0.00000364. The van der Waals surface area contributed by atoms with Crippen molar-refractivity contribution in [2.24, 2.45) is 0 Å². The van der Waals surface area contributed by atoms with Gasteiger partial charge in [0.1, 0.15) is 16.4 Å². The summed E-state index contributed by atoms with van der Waals surface area (Å²) in [5.74, 6) is 0.241. The molecule has 0 bridgehead atoms. The van der Waals surface area contributed by atoms with E-state index in [0.29, 0.717) is 5.75 Å². The van der Waals surface area contributed by atoms with E-state index < -0.39 is 10.1 Å². The fourth-order valence-electron chi connectivity index (χ4n) is 2.74. The molecule has 7 heteroatoms. The summed E-state index contributed by atoms with van der Waals surface area (Å²) in [7, 11) is -4.40. The molecule has 27 heavy (non-hydrogen) atoms. The van der Waals surface area contributed by atoms with Crippen LogP contribution < -0.4 is 61.2 Å². The largest absolute Gasteiger partial charge is 1.00 e. The maximum absolute atomic E-state index is 11.6. The number of ether oxygens (including phenoxy) is 1. The topological polar surface area (TPSA) is 86.7 Å². The van der Waals surface area contributed by atoms with Gasteiger partial charge in [-0.05, 0) is 42.7 Å². The maximum Gasteiger partial charge on any atom is 1.00 e. The summed E-state index contributed by atoms with van der Waals surface area (Å²) >= 11 is 0. The van der Waals surface area contributed by atoms with Gasteiger partial charge in [0.15, 0.2) is 0 Å². The molecule has 5 nitrogen and oxygen atoms in total. The third-order valence-corrected chi connectivity index (χ3v) is 5.05. The van der Waals surface area contributed by atoms with Crippen LogP contribution in [-0.2, 0) is 16.5 Å². The number of hydrogen-bond acceptors (Lipinski definition) is 4. The Labute approximate surface area is 204 Å². The van der Waals surface area contributed by atoms with Gasteiger partial charge in [0.05, 0.1) is 0 Å². The quantitative estimate of drug-likeness (QED) is 0.362. The van der Waals surface area contributed by atoms with E-state index in [1.165, 1.54) is 56.0 Å². The van der Waals surface area contributed by atoms with Crippen molar-refractivity contribution in [2.45, 2.75) is 56.8 Å². The minimum absolute atomic E-state index is 0. The molecule has 1 N–H and O–H groups in total. The summed E-state index contributed by atoms with van der Waals surface area (Å²) in [5.41, 5.74) is 0.948. The molecule has 0 aliphatic heterocycles. The molecule has 0 amide bonds. The molecule has 0 aliphatic carbocycles. The van der Waals surface area contributed by atoms with Gasteiger partial charge in [0.25, 0.3) is 10.1 Å². The van der Waals surface area contributed by atoms with Crippen LogP contribution in [0.4, 0.5) is 0 Å². The minimum atomic E-state index is -4.40. The zero-order valence-corrected chi connectivity index (χ0v) is 19.9. The van der Waals surface area contributed by atoms with Crippen molar-refractivity contribution in [1.29, 1.82) is 0 Å². The summed E-state index contributed by atoms with van der Waals surface area (Å²) in [6.45, 7) is 2.18. The number of rotatable bonds is 10. The van der Waals surface area contributed by atoms with Gasteiger partial charge in [-0.25, -0.2) is 0 Å².